The largest absolute Gasteiger partial charge is 0.381 e. The Balaban J connectivity index is 1.66. The molecule has 1 fully saturated rings. The van der Waals surface area contributed by atoms with Gasteiger partial charge in [0.25, 0.3) is 0 Å². The molecule has 0 bridgehead atoms. The minimum absolute atomic E-state index is 0.766. The van der Waals surface area contributed by atoms with Gasteiger partial charge in [0.1, 0.15) is 0 Å². The Labute approximate surface area is 97.2 Å². The molecule has 3 nitrogen and oxygen atoms in total. The highest BCUT2D eigenvalue weighted by molar-refractivity contribution is 5.20. The van der Waals surface area contributed by atoms with Crippen LogP contribution in [0.1, 0.15) is 24.0 Å². The first-order chi connectivity index (χ1) is 7.86. The molecule has 0 amide bonds. The molecule has 1 aliphatic heterocycles. The third-order valence-corrected chi connectivity index (χ3v) is 3.22. The van der Waals surface area contributed by atoms with Crippen LogP contribution in [0.25, 0.3) is 0 Å². The van der Waals surface area contributed by atoms with Gasteiger partial charge in [-0.3, -0.25) is 4.98 Å². The summed E-state index contributed by atoms with van der Waals surface area (Å²) in [6.45, 7) is 6.03. The molecule has 3 heteroatoms. The topological polar surface area (TPSA) is 34.2 Å². The summed E-state index contributed by atoms with van der Waals surface area (Å²) >= 11 is 0. The number of aryl methyl sites for hydroxylation is 1. The zero-order valence-electron chi connectivity index (χ0n) is 9.91. The van der Waals surface area contributed by atoms with Crippen LogP contribution >= 0.6 is 0 Å². The van der Waals surface area contributed by atoms with Crippen LogP contribution in [0.5, 0.6) is 0 Å². The molecule has 0 aliphatic carbocycles. The van der Waals surface area contributed by atoms with Crippen molar-refractivity contribution in [1.29, 1.82) is 0 Å². The third-order valence-electron chi connectivity index (χ3n) is 3.22. The van der Waals surface area contributed by atoms with Crippen molar-refractivity contribution in [3.8, 4) is 0 Å². The van der Waals surface area contributed by atoms with E-state index in [2.05, 4.69) is 23.3 Å². The molecule has 1 aromatic rings. The second kappa shape index (κ2) is 5.97. The van der Waals surface area contributed by atoms with E-state index in [1.54, 1.807) is 0 Å². The second-order valence-electron chi connectivity index (χ2n) is 4.50. The molecule has 2 heterocycles. The molecule has 16 heavy (non-hydrogen) atoms. The minimum Gasteiger partial charge on any atom is -0.381 e. The van der Waals surface area contributed by atoms with Crippen LogP contribution in [0.2, 0.25) is 0 Å². The van der Waals surface area contributed by atoms with Crippen molar-refractivity contribution < 1.29 is 4.74 Å². The summed E-state index contributed by atoms with van der Waals surface area (Å²) in [6.07, 6.45) is 6.24. The Morgan fingerprint density at radius 2 is 2.50 bits per heavy atom. The Morgan fingerprint density at radius 1 is 1.56 bits per heavy atom. The highest BCUT2D eigenvalue weighted by atomic mass is 16.5. The Hall–Kier alpha value is -0.930. The number of nitrogens with zero attached hydrogens (tertiary/aromatic N) is 1. The van der Waals surface area contributed by atoms with Crippen LogP contribution in [0.15, 0.2) is 18.5 Å². The lowest BCUT2D eigenvalue weighted by atomic mass is 10.1. The van der Waals surface area contributed by atoms with Crippen LogP contribution in [0, 0.1) is 12.8 Å². The van der Waals surface area contributed by atoms with Gasteiger partial charge in [0.05, 0.1) is 0 Å². The molecule has 1 aliphatic rings. The van der Waals surface area contributed by atoms with Crippen molar-refractivity contribution in [1.82, 2.24) is 10.3 Å². The molecule has 1 atom stereocenters. The van der Waals surface area contributed by atoms with Crippen LogP contribution in [-0.4, -0.2) is 24.7 Å². The molecule has 0 aromatic carbocycles. The molecule has 1 aromatic heterocycles. The first-order valence-electron chi connectivity index (χ1n) is 6.04. The van der Waals surface area contributed by atoms with Crippen molar-refractivity contribution in [3.63, 3.8) is 0 Å². The van der Waals surface area contributed by atoms with Gasteiger partial charge >= 0.3 is 0 Å². The summed E-state index contributed by atoms with van der Waals surface area (Å²) in [5.41, 5.74) is 2.61. The standard InChI is InChI=1S/C13H20N2O/c1-11-2-5-14-8-13(11)9-15-6-3-12-4-7-16-10-12/h2,5,8,12,15H,3-4,6-7,9-10H2,1H3. The van der Waals surface area contributed by atoms with Gasteiger partial charge in [-0.05, 0) is 49.4 Å². The van der Waals surface area contributed by atoms with Crippen molar-refractivity contribution in [2.24, 2.45) is 5.92 Å². The van der Waals surface area contributed by atoms with Gasteiger partial charge in [-0.25, -0.2) is 0 Å². The number of hydrogen-bond donors (Lipinski definition) is 1. The van der Waals surface area contributed by atoms with Gasteiger partial charge < -0.3 is 10.1 Å². The average Bonchev–Trinajstić information content (AvgIpc) is 2.79. The predicted octanol–water partition coefficient (Wildman–Crippen LogP) is 1.91. The fourth-order valence-electron chi connectivity index (χ4n) is 2.02. The maximum absolute atomic E-state index is 5.35. The summed E-state index contributed by atoms with van der Waals surface area (Å²) in [7, 11) is 0. The molecule has 2 rings (SSSR count). The molecule has 0 saturated carbocycles. The van der Waals surface area contributed by atoms with E-state index in [9.17, 15) is 0 Å². The van der Waals surface area contributed by atoms with Gasteiger partial charge in [-0.15, -0.1) is 0 Å². The lowest BCUT2D eigenvalue weighted by Gasteiger charge is -2.09. The highest BCUT2D eigenvalue weighted by Crippen LogP contribution is 2.15. The Morgan fingerprint density at radius 3 is 3.25 bits per heavy atom. The predicted molar refractivity (Wildman–Crippen MR) is 64.2 cm³/mol. The SMILES string of the molecule is Cc1ccncc1CNCCC1CCOC1. The molecule has 1 saturated heterocycles. The van der Waals surface area contributed by atoms with E-state index in [0.717, 1.165) is 32.2 Å². The van der Waals surface area contributed by atoms with E-state index in [-0.39, 0.29) is 0 Å². The molecular formula is C13H20N2O. The van der Waals surface area contributed by atoms with Crippen LogP contribution < -0.4 is 5.32 Å². The average molecular weight is 220 g/mol. The smallest absolute Gasteiger partial charge is 0.0495 e. The van der Waals surface area contributed by atoms with E-state index >= 15 is 0 Å². The van der Waals surface area contributed by atoms with E-state index in [1.807, 2.05) is 12.4 Å². The molecule has 1 N–H and O–H groups in total. The first kappa shape index (κ1) is 11.6. The molecular weight excluding hydrogens is 200 g/mol. The molecule has 88 valence electrons. The van der Waals surface area contributed by atoms with Gasteiger partial charge in [-0.2, -0.15) is 0 Å². The van der Waals surface area contributed by atoms with Crippen LogP contribution in [-0.2, 0) is 11.3 Å². The summed E-state index contributed by atoms with van der Waals surface area (Å²) < 4.78 is 5.35. The number of nitrogens with one attached hydrogen (secondary N) is 1. The zero-order valence-corrected chi connectivity index (χ0v) is 9.91. The van der Waals surface area contributed by atoms with Gasteiger partial charge in [-0.1, -0.05) is 0 Å². The number of pyridine rings is 1. The van der Waals surface area contributed by atoms with Gasteiger partial charge in [0.2, 0.25) is 0 Å². The highest BCUT2D eigenvalue weighted by Gasteiger charge is 2.14. The third kappa shape index (κ3) is 3.29. The maximum Gasteiger partial charge on any atom is 0.0495 e. The lowest BCUT2D eigenvalue weighted by Crippen LogP contribution is -2.18. The summed E-state index contributed by atoms with van der Waals surface area (Å²) in [5.74, 6) is 0.766. The monoisotopic (exact) mass is 220 g/mol. The first-order valence-corrected chi connectivity index (χ1v) is 6.04. The number of ether oxygens (including phenoxy) is 1. The second-order valence-corrected chi connectivity index (χ2v) is 4.50. The quantitative estimate of drug-likeness (QED) is 0.770. The van der Waals surface area contributed by atoms with Crippen molar-refractivity contribution in [3.05, 3.63) is 29.6 Å². The summed E-state index contributed by atoms with van der Waals surface area (Å²) in [5, 5.41) is 3.47. The molecule has 1 unspecified atom stereocenters. The van der Waals surface area contributed by atoms with Crippen molar-refractivity contribution in [2.45, 2.75) is 26.3 Å². The normalized spacial score (nSPS) is 20.2. The Bertz CT molecular complexity index is 321. The number of aromatic nitrogens is 1. The number of rotatable bonds is 5. The van der Waals surface area contributed by atoms with Gasteiger partial charge in [0, 0.05) is 32.2 Å². The van der Waals surface area contributed by atoms with Crippen LogP contribution in [0.4, 0.5) is 0 Å². The molecule has 0 radical (unpaired) electrons. The fraction of sp³-hybridized carbons (Fsp3) is 0.615. The minimum atomic E-state index is 0.766. The van der Waals surface area contributed by atoms with Crippen molar-refractivity contribution >= 4 is 0 Å². The summed E-state index contributed by atoms with van der Waals surface area (Å²) in [4.78, 5) is 4.14. The van der Waals surface area contributed by atoms with E-state index in [1.165, 1.54) is 24.0 Å². The lowest BCUT2D eigenvalue weighted by molar-refractivity contribution is 0.184. The van der Waals surface area contributed by atoms with Crippen LogP contribution in [0.3, 0.4) is 0 Å². The molecule has 0 spiro atoms. The maximum atomic E-state index is 5.35. The van der Waals surface area contributed by atoms with E-state index < -0.39 is 0 Å². The van der Waals surface area contributed by atoms with Gasteiger partial charge in [0.15, 0.2) is 0 Å². The zero-order chi connectivity index (χ0) is 11.2. The van der Waals surface area contributed by atoms with E-state index in [0.29, 0.717) is 0 Å². The summed E-state index contributed by atoms with van der Waals surface area (Å²) in [6, 6.07) is 2.06. The number of hydrogen-bond acceptors (Lipinski definition) is 3. The van der Waals surface area contributed by atoms with Crippen molar-refractivity contribution in [2.75, 3.05) is 19.8 Å². The van der Waals surface area contributed by atoms with E-state index in [4.69, 9.17) is 4.74 Å². The fourth-order valence-corrected chi connectivity index (χ4v) is 2.02. The Kier molecular flexibility index (Phi) is 4.31.